The van der Waals surface area contributed by atoms with Crippen molar-refractivity contribution in [2.75, 3.05) is 11.5 Å². The molecule has 0 radical (unpaired) electrons. The zero-order valence-electron chi connectivity index (χ0n) is 9.74. The molecule has 1 rings (SSSR count). The highest BCUT2D eigenvalue weighted by Crippen LogP contribution is 2.24. The van der Waals surface area contributed by atoms with E-state index >= 15 is 0 Å². The number of carbonyl (C=O) groups is 2. The minimum absolute atomic E-state index is 0.111. The fraction of sp³-hybridized carbons (Fsp3) is 0.800. The van der Waals surface area contributed by atoms with Crippen molar-refractivity contribution in [1.29, 1.82) is 0 Å². The molecule has 0 aromatic rings. The first kappa shape index (κ1) is 13.2. The number of thioether (sulfide) groups is 1. The second kappa shape index (κ2) is 5.43. The maximum Gasteiger partial charge on any atom is 0.441 e. The molecule has 92 valence electrons. The van der Waals surface area contributed by atoms with Gasteiger partial charge in [0.15, 0.2) is 0 Å². The molecule has 0 bridgehead atoms. The molecule has 6 heteroatoms. The van der Waals surface area contributed by atoms with Gasteiger partial charge in [0.2, 0.25) is 0 Å². The Morgan fingerprint density at radius 3 is 2.56 bits per heavy atom. The number of rotatable bonds is 1. The van der Waals surface area contributed by atoms with Crippen molar-refractivity contribution in [2.45, 2.75) is 32.8 Å². The summed E-state index contributed by atoms with van der Waals surface area (Å²) < 4.78 is 4.92. The van der Waals surface area contributed by atoms with Gasteiger partial charge in [0.25, 0.3) is 0 Å². The van der Waals surface area contributed by atoms with Gasteiger partial charge in [-0.05, 0) is 32.9 Å². The molecule has 0 aromatic carbocycles. The number of hydrogen-bond acceptors (Lipinski definition) is 5. The van der Waals surface area contributed by atoms with Crippen molar-refractivity contribution in [1.82, 2.24) is 5.48 Å². The molecule has 1 aliphatic heterocycles. The predicted octanol–water partition coefficient (Wildman–Crippen LogP) is 1.72. The molecule has 16 heavy (non-hydrogen) atoms. The summed E-state index contributed by atoms with van der Waals surface area (Å²) >= 11 is 1.71. The predicted molar refractivity (Wildman–Crippen MR) is 60.9 cm³/mol. The van der Waals surface area contributed by atoms with Gasteiger partial charge in [0.05, 0.1) is 5.92 Å². The topological polar surface area (TPSA) is 64.6 Å². The molecule has 0 spiro atoms. The average Bonchev–Trinajstić information content (AvgIpc) is 2.64. The number of amides is 1. The summed E-state index contributed by atoms with van der Waals surface area (Å²) in [6.07, 6.45) is 0.0611. The Bertz CT molecular complexity index is 268. The molecule has 5 nitrogen and oxygen atoms in total. The third-order valence-electron chi connectivity index (χ3n) is 1.90. The average molecular weight is 247 g/mol. The lowest BCUT2D eigenvalue weighted by molar-refractivity contribution is -0.154. The van der Waals surface area contributed by atoms with Gasteiger partial charge in [0.1, 0.15) is 5.60 Å². The number of hydroxylamine groups is 1. The van der Waals surface area contributed by atoms with Crippen molar-refractivity contribution in [3.8, 4) is 0 Å². The smallest absolute Gasteiger partial charge is 0.441 e. The monoisotopic (exact) mass is 247 g/mol. The molecule has 1 atom stereocenters. The lowest BCUT2D eigenvalue weighted by Gasteiger charge is -2.19. The first-order chi connectivity index (χ1) is 7.38. The lowest BCUT2D eigenvalue weighted by Crippen LogP contribution is -2.35. The van der Waals surface area contributed by atoms with Crippen LogP contribution in [-0.4, -0.2) is 29.2 Å². The SMILES string of the molecule is CC(C)(C)OC(=O)NOC(=O)C1CCSC1. The Morgan fingerprint density at radius 2 is 2.06 bits per heavy atom. The summed E-state index contributed by atoms with van der Waals surface area (Å²) in [4.78, 5) is 27.2. The van der Waals surface area contributed by atoms with E-state index in [2.05, 4.69) is 4.84 Å². The van der Waals surface area contributed by atoms with E-state index in [0.717, 1.165) is 17.9 Å². The number of ether oxygens (including phenoxy) is 1. The van der Waals surface area contributed by atoms with Crippen LogP contribution in [0.3, 0.4) is 0 Å². The zero-order chi connectivity index (χ0) is 12.2. The summed E-state index contributed by atoms with van der Waals surface area (Å²) in [6, 6.07) is 0. The third kappa shape index (κ3) is 4.74. The Hall–Kier alpha value is -0.910. The Balaban J connectivity index is 2.23. The highest BCUT2D eigenvalue weighted by molar-refractivity contribution is 7.99. The maximum atomic E-state index is 11.4. The maximum absolute atomic E-state index is 11.4. The van der Waals surface area contributed by atoms with E-state index in [9.17, 15) is 9.59 Å². The van der Waals surface area contributed by atoms with Crippen molar-refractivity contribution < 1.29 is 19.2 Å². The van der Waals surface area contributed by atoms with E-state index in [-0.39, 0.29) is 5.92 Å². The summed E-state index contributed by atoms with van der Waals surface area (Å²) in [5, 5.41) is 0. The van der Waals surface area contributed by atoms with E-state index in [1.807, 2.05) is 5.48 Å². The van der Waals surface area contributed by atoms with Crippen LogP contribution in [0.4, 0.5) is 4.79 Å². The second-order valence-corrected chi connectivity index (χ2v) is 5.74. The van der Waals surface area contributed by atoms with Crippen LogP contribution in [-0.2, 0) is 14.4 Å². The molecule has 1 saturated heterocycles. The van der Waals surface area contributed by atoms with Gasteiger partial charge in [-0.1, -0.05) is 0 Å². The fourth-order valence-corrected chi connectivity index (χ4v) is 2.40. The van der Waals surface area contributed by atoms with E-state index in [1.54, 1.807) is 32.5 Å². The summed E-state index contributed by atoms with van der Waals surface area (Å²) in [6.45, 7) is 5.21. The Labute approximate surface area is 99.2 Å². The fourth-order valence-electron chi connectivity index (χ4n) is 1.19. The molecule has 0 saturated carbocycles. The third-order valence-corrected chi connectivity index (χ3v) is 3.06. The van der Waals surface area contributed by atoms with E-state index in [1.165, 1.54) is 0 Å². The van der Waals surface area contributed by atoms with Crippen molar-refractivity contribution in [3.05, 3.63) is 0 Å². The first-order valence-electron chi connectivity index (χ1n) is 5.16. The summed E-state index contributed by atoms with van der Waals surface area (Å²) in [5.41, 5.74) is 1.40. The largest absolute Gasteiger partial charge is 0.442 e. The molecule has 1 heterocycles. The van der Waals surface area contributed by atoms with Crippen LogP contribution in [0.15, 0.2) is 0 Å². The number of hydrogen-bond donors (Lipinski definition) is 1. The standard InChI is InChI=1S/C10H17NO4S/c1-10(2,3)14-9(13)11-15-8(12)7-4-5-16-6-7/h7H,4-6H2,1-3H3,(H,11,13). The van der Waals surface area contributed by atoms with Gasteiger partial charge >= 0.3 is 12.1 Å². The highest BCUT2D eigenvalue weighted by atomic mass is 32.2. The quantitative estimate of drug-likeness (QED) is 0.715. The molecule has 1 aliphatic rings. The van der Waals surface area contributed by atoms with Gasteiger partial charge in [-0.15, -0.1) is 5.48 Å². The summed E-state index contributed by atoms with van der Waals surface area (Å²) in [5.74, 6) is 1.22. The van der Waals surface area contributed by atoms with Gasteiger partial charge in [-0.25, -0.2) is 9.59 Å². The zero-order valence-corrected chi connectivity index (χ0v) is 10.6. The minimum atomic E-state index is -0.744. The molecular weight excluding hydrogens is 230 g/mol. The van der Waals surface area contributed by atoms with Crippen LogP contribution in [0, 0.1) is 5.92 Å². The van der Waals surface area contributed by atoms with E-state index in [0.29, 0.717) is 0 Å². The van der Waals surface area contributed by atoms with Gasteiger partial charge in [-0.2, -0.15) is 11.8 Å². The Kier molecular flexibility index (Phi) is 4.46. The number of nitrogens with one attached hydrogen (secondary N) is 1. The molecular formula is C10H17NO4S. The van der Waals surface area contributed by atoms with Crippen LogP contribution in [0.25, 0.3) is 0 Å². The molecule has 1 fully saturated rings. The van der Waals surface area contributed by atoms with Crippen LogP contribution >= 0.6 is 11.8 Å². The van der Waals surface area contributed by atoms with Crippen LogP contribution < -0.4 is 5.48 Å². The van der Waals surface area contributed by atoms with E-state index in [4.69, 9.17) is 4.74 Å². The first-order valence-corrected chi connectivity index (χ1v) is 6.31. The summed E-state index contributed by atoms with van der Waals surface area (Å²) in [7, 11) is 0. The van der Waals surface area contributed by atoms with Crippen LogP contribution in [0.2, 0.25) is 0 Å². The normalized spacial score (nSPS) is 20.3. The number of carbonyl (C=O) groups excluding carboxylic acids is 2. The highest BCUT2D eigenvalue weighted by Gasteiger charge is 2.26. The second-order valence-electron chi connectivity index (χ2n) is 4.59. The van der Waals surface area contributed by atoms with E-state index < -0.39 is 17.7 Å². The molecule has 0 aliphatic carbocycles. The molecule has 1 amide bonds. The van der Waals surface area contributed by atoms with Crippen LogP contribution in [0.1, 0.15) is 27.2 Å². The molecule has 1 N–H and O–H groups in total. The van der Waals surface area contributed by atoms with Gasteiger partial charge in [-0.3, -0.25) is 0 Å². The van der Waals surface area contributed by atoms with Gasteiger partial charge in [0, 0.05) is 5.75 Å². The lowest BCUT2D eigenvalue weighted by atomic mass is 10.1. The van der Waals surface area contributed by atoms with Crippen molar-refractivity contribution >= 4 is 23.8 Å². The van der Waals surface area contributed by atoms with Crippen molar-refractivity contribution in [3.63, 3.8) is 0 Å². The Morgan fingerprint density at radius 1 is 1.38 bits per heavy atom. The molecule has 0 aromatic heterocycles. The van der Waals surface area contributed by atoms with Crippen LogP contribution in [0.5, 0.6) is 0 Å². The van der Waals surface area contributed by atoms with Crippen molar-refractivity contribution in [2.24, 2.45) is 5.92 Å². The minimum Gasteiger partial charge on any atom is -0.442 e. The van der Waals surface area contributed by atoms with Gasteiger partial charge < -0.3 is 9.57 Å². The molecule has 1 unspecified atom stereocenters.